The van der Waals surface area contributed by atoms with Gasteiger partial charge in [0.15, 0.2) is 0 Å². The second-order valence-electron chi connectivity index (χ2n) is 4.39. The zero-order valence-corrected chi connectivity index (χ0v) is 11.3. The Morgan fingerprint density at radius 3 is 2.90 bits per heavy atom. The Labute approximate surface area is 120 Å². The summed E-state index contributed by atoms with van der Waals surface area (Å²) in [6.07, 6.45) is 2.15. The van der Waals surface area contributed by atoms with Gasteiger partial charge in [-0.05, 0) is 24.6 Å². The van der Waals surface area contributed by atoms with E-state index >= 15 is 0 Å². The van der Waals surface area contributed by atoms with Crippen LogP contribution in [-0.4, -0.2) is 9.55 Å². The van der Waals surface area contributed by atoms with Crippen molar-refractivity contribution in [3.05, 3.63) is 39.9 Å². The minimum atomic E-state index is -0.384. The van der Waals surface area contributed by atoms with Crippen molar-refractivity contribution >= 4 is 22.5 Å². The van der Waals surface area contributed by atoms with Gasteiger partial charge in [-0.15, -0.1) is 0 Å². The molecule has 0 fully saturated rings. The molecule has 100 valence electrons. The van der Waals surface area contributed by atoms with Crippen molar-refractivity contribution in [3.63, 3.8) is 0 Å². The topological polar surface area (TPSA) is 82.5 Å². The van der Waals surface area contributed by atoms with Crippen LogP contribution >= 0.6 is 11.6 Å². The number of fused-ring (bicyclic) bond motifs is 1. The van der Waals surface area contributed by atoms with E-state index in [1.807, 2.05) is 6.07 Å². The first-order valence-corrected chi connectivity index (χ1v) is 6.44. The van der Waals surface area contributed by atoms with Gasteiger partial charge in [0.25, 0.3) is 5.56 Å². The molecule has 0 bridgehead atoms. The van der Waals surface area contributed by atoms with E-state index in [-0.39, 0.29) is 18.0 Å². The highest BCUT2D eigenvalue weighted by atomic mass is 35.5. The average Bonchev–Trinajstić information content (AvgIpc) is 2.46. The summed E-state index contributed by atoms with van der Waals surface area (Å²) in [7, 11) is 0. The number of benzene rings is 1. The van der Waals surface area contributed by atoms with Crippen LogP contribution in [0.15, 0.2) is 29.3 Å². The zero-order valence-electron chi connectivity index (χ0n) is 10.6. The van der Waals surface area contributed by atoms with Crippen LogP contribution in [0.1, 0.15) is 12.8 Å². The quantitative estimate of drug-likeness (QED) is 0.864. The van der Waals surface area contributed by atoms with Crippen molar-refractivity contribution in [3.8, 4) is 12.1 Å². The third-order valence-electron chi connectivity index (χ3n) is 2.99. The van der Waals surface area contributed by atoms with E-state index in [9.17, 15) is 4.79 Å². The molecule has 0 radical (unpaired) electrons. The molecule has 0 aliphatic carbocycles. The van der Waals surface area contributed by atoms with E-state index in [4.69, 9.17) is 22.1 Å². The van der Waals surface area contributed by atoms with Crippen molar-refractivity contribution in [1.29, 1.82) is 10.5 Å². The minimum Gasteiger partial charge on any atom is -0.297 e. The first-order valence-electron chi connectivity index (χ1n) is 6.07. The lowest BCUT2D eigenvalue weighted by Crippen LogP contribution is -2.24. The molecule has 0 saturated carbocycles. The fourth-order valence-electron chi connectivity index (χ4n) is 1.93. The maximum absolute atomic E-state index is 12.3. The van der Waals surface area contributed by atoms with Crippen LogP contribution in [0, 0.1) is 28.6 Å². The zero-order chi connectivity index (χ0) is 14.5. The lowest BCUT2D eigenvalue weighted by molar-refractivity contribution is 0.498. The summed E-state index contributed by atoms with van der Waals surface area (Å²) < 4.78 is 1.39. The molecular formula is C14H11ClN4O. The predicted molar refractivity (Wildman–Crippen MR) is 75.0 cm³/mol. The minimum absolute atomic E-state index is 0.227. The van der Waals surface area contributed by atoms with E-state index in [1.54, 1.807) is 18.2 Å². The van der Waals surface area contributed by atoms with Crippen molar-refractivity contribution in [2.45, 2.75) is 19.4 Å². The number of nitrogens with zero attached hydrogens (tertiary/aromatic N) is 4. The molecule has 5 nitrogen and oxygen atoms in total. The number of hydrogen-bond donors (Lipinski definition) is 0. The molecule has 2 rings (SSSR count). The van der Waals surface area contributed by atoms with Crippen LogP contribution in [0.25, 0.3) is 10.9 Å². The van der Waals surface area contributed by atoms with Gasteiger partial charge in [0, 0.05) is 18.0 Å². The molecule has 2 aromatic rings. The van der Waals surface area contributed by atoms with Gasteiger partial charge in [-0.1, -0.05) is 11.6 Å². The van der Waals surface area contributed by atoms with Crippen LogP contribution in [-0.2, 0) is 6.54 Å². The largest absolute Gasteiger partial charge is 0.297 e. The lowest BCUT2D eigenvalue weighted by atomic mass is 10.1. The Morgan fingerprint density at radius 2 is 2.20 bits per heavy atom. The number of aromatic nitrogens is 2. The molecule has 0 saturated heterocycles. The van der Waals surface area contributed by atoms with E-state index in [1.165, 1.54) is 10.9 Å². The molecule has 1 heterocycles. The summed E-state index contributed by atoms with van der Waals surface area (Å²) in [6, 6.07) is 9.03. The average molecular weight is 287 g/mol. The van der Waals surface area contributed by atoms with Gasteiger partial charge in [0.1, 0.15) is 0 Å². The van der Waals surface area contributed by atoms with E-state index < -0.39 is 0 Å². The Bertz CT molecular complexity index is 769. The van der Waals surface area contributed by atoms with Crippen molar-refractivity contribution in [1.82, 2.24) is 9.55 Å². The number of hydrogen-bond acceptors (Lipinski definition) is 4. The number of halogens is 1. The molecule has 20 heavy (non-hydrogen) atoms. The number of rotatable bonds is 4. The van der Waals surface area contributed by atoms with Crippen LogP contribution < -0.4 is 5.56 Å². The van der Waals surface area contributed by atoms with Gasteiger partial charge in [0.2, 0.25) is 0 Å². The summed E-state index contributed by atoms with van der Waals surface area (Å²) >= 11 is 5.88. The van der Waals surface area contributed by atoms with E-state index in [0.717, 1.165) is 0 Å². The van der Waals surface area contributed by atoms with Gasteiger partial charge in [0.05, 0.1) is 35.3 Å². The standard InChI is InChI=1S/C14H11ClN4O/c15-11-3-4-13-12(6-11)14(20)19(9-18-13)8-10(7-17)2-1-5-16/h3-4,6,9-10H,1-2,8H2/t10-/m1/s1. The fraction of sp³-hybridized carbons (Fsp3) is 0.286. The highest BCUT2D eigenvalue weighted by Gasteiger charge is 2.11. The normalized spacial score (nSPS) is 11.8. The van der Waals surface area contributed by atoms with E-state index in [0.29, 0.717) is 28.8 Å². The Hall–Kier alpha value is -2.37. The fourth-order valence-corrected chi connectivity index (χ4v) is 2.11. The maximum Gasteiger partial charge on any atom is 0.261 e. The molecule has 1 aromatic carbocycles. The van der Waals surface area contributed by atoms with E-state index in [2.05, 4.69) is 11.1 Å². The highest BCUT2D eigenvalue weighted by Crippen LogP contribution is 2.14. The summed E-state index contributed by atoms with van der Waals surface area (Å²) in [4.78, 5) is 16.5. The third-order valence-corrected chi connectivity index (χ3v) is 3.23. The highest BCUT2D eigenvalue weighted by molar-refractivity contribution is 6.31. The van der Waals surface area contributed by atoms with Gasteiger partial charge in [-0.25, -0.2) is 4.98 Å². The first-order chi connectivity index (χ1) is 9.65. The molecule has 1 aromatic heterocycles. The molecule has 0 aliphatic heterocycles. The van der Waals surface area contributed by atoms with Gasteiger partial charge >= 0.3 is 0 Å². The summed E-state index contributed by atoms with van der Waals surface area (Å²) in [6.45, 7) is 0.229. The first kappa shape index (κ1) is 14.0. The molecule has 0 unspecified atom stereocenters. The Kier molecular flexibility index (Phi) is 4.34. The van der Waals surface area contributed by atoms with Crippen LogP contribution in [0.2, 0.25) is 5.02 Å². The maximum atomic E-state index is 12.3. The van der Waals surface area contributed by atoms with Gasteiger partial charge in [-0.3, -0.25) is 9.36 Å². The van der Waals surface area contributed by atoms with Crippen molar-refractivity contribution in [2.75, 3.05) is 0 Å². The van der Waals surface area contributed by atoms with Gasteiger partial charge in [-0.2, -0.15) is 10.5 Å². The molecule has 6 heteroatoms. The summed E-state index contributed by atoms with van der Waals surface area (Å²) in [5, 5.41) is 18.5. The monoisotopic (exact) mass is 286 g/mol. The Morgan fingerprint density at radius 1 is 1.40 bits per heavy atom. The predicted octanol–water partition coefficient (Wildman–Crippen LogP) is 2.49. The van der Waals surface area contributed by atoms with Crippen LogP contribution in [0.5, 0.6) is 0 Å². The number of nitriles is 2. The Balaban J connectivity index is 2.36. The second kappa shape index (κ2) is 6.18. The molecule has 1 atom stereocenters. The second-order valence-corrected chi connectivity index (χ2v) is 4.82. The van der Waals surface area contributed by atoms with Gasteiger partial charge < -0.3 is 0 Å². The van der Waals surface area contributed by atoms with Crippen molar-refractivity contribution in [2.24, 2.45) is 5.92 Å². The van der Waals surface area contributed by atoms with Crippen LogP contribution in [0.3, 0.4) is 0 Å². The molecule has 0 amide bonds. The van der Waals surface area contributed by atoms with Crippen molar-refractivity contribution < 1.29 is 0 Å². The molecule has 0 aliphatic rings. The summed E-state index contributed by atoms with van der Waals surface area (Å²) in [5.41, 5.74) is 0.343. The molecular weight excluding hydrogens is 276 g/mol. The third kappa shape index (κ3) is 2.96. The SMILES string of the molecule is N#CCC[C@H](C#N)Cn1cnc2ccc(Cl)cc2c1=O. The summed E-state index contributed by atoms with van der Waals surface area (Å²) in [5.74, 6) is -0.384. The van der Waals surface area contributed by atoms with Crippen LogP contribution in [0.4, 0.5) is 0 Å². The smallest absolute Gasteiger partial charge is 0.261 e. The lowest BCUT2D eigenvalue weighted by Gasteiger charge is -2.10. The molecule has 0 spiro atoms. The molecule has 0 N–H and O–H groups in total.